The summed E-state index contributed by atoms with van der Waals surface area (Å²) in [6, 6.07) is 17.5. The fourth-order valence-corrected chi connectivity index (χ4v) is 2.31. The molecule has 0 unspecified atom stereocenters. The highest BCUT2D eigenvalue weighted by atomic mass is 35.5. The summed E-state index contributed by atoms with van der Waals surface area (Å²) in [6.07, 6.45) is 1.78. The number of aromatic nitrogens is 1. The fraction of sp³-hybridized carbons (Fsp3) is 0.118. The van der Waals surface area contributed by atoms with E-state index in [2.05, 4.69) is 10.3 Å². The molecule has 0 bridgehead atoms. The molecule has 0 radical (unpaired) electrons. The number of anilines is 1. The number of hydrogen-bond donors (Lipinski definition) is 1. The summed E-state index contributed by atoms with van der Waals surface area (Å²) >= 11 is 5.99. The van der Waals surface area contributed by atoms with Crippen LogP contribution in [0.3, 0.4) is 0 Å². The highest BCUT2D eigenvalue weighted by Crippen LogP contribution is 2.24. The molecule has 3 aromatic rings. The van der Waals surface area contributed by atoms with E-state index in [0.717, 1.165) is 28.9 Å². The van der Waals surface area contributed by atoms with Crippen LogP contribution in [0.2, 0.25) is 5.02 Å². The lowest BCUT2D eigenvalue weighted by molar-refractivity contribution is 0.333. The number of ether oxygens (including phenoxy) is 1. The van der Waals surface area contributed by atoms with Crippen molar-refractivity contribution in [1.29, 1.82) is 0 Å². The van der Waals surface area contributed by atoms with Crippen molar-refractivity contribution in [2.75, 3.05) is 18.5 Å². The molecule has 1 aromatic heterocycles. The van der Waals surface area contributed by atoms with E-state index < -0.39 is 0 Å². The maximum absolute atomic E-state index is 5.99. The number of nitrogens with one attached hydrogen (secondary N) is 1. The Labute approximate surface area is 128 Å². The van der Waals surface area contributed by atoms with Crippen molar-refractivity contribution >= 4 is 28.2 Å². The molecule has 0 aliphatic heterocycles. The first kappa shape index (κ1) is 13.7. The molecule has 0 saturated carbocycles. The Morgan fingerprint density at radius 3 is 2.76 bits per heavy atom. The predicted octanol–water partition coefficient (Wildman–Crippen LogP) is 4.38. The minimum absolute atomic E-state index is 0.599. The summed E-state index contributed by atoms with van der Waals surface area (Å²) in [6.45, 7) is 1.32. The third kappa shape index (κ3) is 3.44. The van der Waals surface area contributed by atoms with E-state index in [0.29, 0.717) is 11.6 Å². The van der Waals surface area contributed by atoms with Gasteiger partial charge < -0.3 is 10.1 Å². The standard InChI is InChI=1S/C17H15ClN2O/c18-13-6-7-15-16(8-9-19-17(15)12-13)20-10-11-21-14-4-2-1-3-5-14/h1-9,12H,10-11H2,(H,19,20). The van der Waals surface area contributed by atoms with Crippen LogP contribution in [0.15, 0.2) is 60.8 Å². The van der Waals surface area contributed by atoms with Gasteiger partial charge in [0.25, 0.3) is 0 Å². The lowest BCUT2D eigenvalue weighted by Gasteiger charge is -2.10. The summed E-state index contributed by atoms with van der Waals surface area (Å²) in [5.74, 6) is 0.880. The van der Waals surface area contributed by atoms with Gasteiger partial charge >= 0.3 is 0 Å². The molecule has 3 nitrogen and oxygen atoms in total. The number of fused-ring (bicyclic) bond motifs is 1. The van der Waals surface area contributed by atoms with Crippen LogP contribution in [0.5, 0.6) is 5.75 Å². The van der Waals surface area contributed by atoms with Gasteiger partial charge in [0.15, 0.2) is 0 Å². The van der Waals surface area contributed by atoms with E-state index in [1.807, 2.05) is 54.6 Å². The van der Waals surface area contributed by atoms with Crippen molar-refractivity contribution in [2.45, 2.75) is 0 Å². The average Bonchev–Trinajstić information content (AvgIpc) is 2.52. The van der Waals surface area contributed by atoms with Gasteiger partial charge in [-0.15, -0.1) is 0 Å². The highest BCUT2D eigenvalue weighted by molar-refractivity contribution is 6.31. The maximum atomic E-state index is 5.99. The molecule has 0 aliphatic rings. The number of hydrogen-bond acceptors (Lipinski definition) is 3. The van der Waals surface area contributed by atoms with Crippen molar-refractivity contribution in [3.05, 3.63) is 65.8 Å². The Morgan fingerprint density at radius 1 is 1.05 bits per heavy atom. The number of benzene rings is 2. The Morgan fingerprint density at radius 2 is 1.90 bits per heavy atom. The Balaban J connectivity index is 1.63. The van der Waals surface area contributed by atoms with Crippen molar-refractivity contribution in [3.63, 3.8) is 0 Å². The van der Waals surface area contributed by atoms with Gasteiger partial charge in [-0.25, -0.2) is 0 Å². The van der Waals surface area contributed by atoms with E-state index in [1.165, 1.54) is 0 Å². The summed E-state index contributed by atoms with van der Waals surface area (Å²) in [7, 11) is 0. The molecule has 3 rings (SSSR count). The maximum Gasteiger partial charge on any atom is 0.119 e. The van der Waals surface area contributed by atoms with Crippen LogP contribution in [0.25, 0.3) is 10.9 Å². The van der Waals surface area contributed by atoms with Gasteiger partial charge in [-0.1, -0.05) is 29.8 Å². The molecule has 0 atom stereocenters. The first-order valence-electron chi connectivity index (χ1n) is 6.79. The number of pyridine rings is 1. The van der Waals surface area contributed by atoms with Crippen LogP contribution >= 0.6 is 11.6 Å². The minimum Gasteiger partial charge on any atom is -0.492 e. The van der Waals surface area contributed by atoms with Gasteiger partial charge in [-0.2, -0.15) is 0 Å². The molecule has 106 valence electrons. The number of halogens is 1. The van der Waals surface area contributed by atoms with Gasteiger partial charge in [-0.05, 0) is 36.4 Å². The third-order valence-corrected chi connectivity index (χ3v) is 3.37. The minimum atomic E-state index is 0.599. The lowest BCUT2D eigenvalue weighted by Crippen LogP contribution is -2.11. The van der Waals surface area contributed by atoms with Crippen molar-refractivity contribution in [2.24, 2.45) is 0 Å². The SMILES string of the molecule is Clc1ccc2c(NCCOc3ccccc3)ccnc2c1. The molecule has 1 N–H and O–H groups in total. The summed E-state index contributed by atoms with van der Waals surface area (Å²) in [4.78, 5) is 4.32. The molecule has 0 aliphatic carbocycles. The van der Waals surface area contributed by atoms with Gasteiger partial charge in [0.2, 0.25) is 0 Å². The Kier molecular flexibility index (Phi) is 4.22. The van der Waals surface area contributed by atoms with Crippen LogP contribution in [0.1, 0.15) is 0 Å². The first-order valence-corrected chi connectivity index (χ1v) is 7.17. The molecule has 0 saturated heterocycles. The van der Waals surface area contributed by atoms with Crippen molar-refractivity contribution in [1.82, 2.24) is 4.98 Å². The van der Waals surface area contributed by atoms with Gasteiger partial charge in [0, 0.05) is 28.8 Å². The predicted molar refractivity (Wildman–Crippen MR) is 87.2 cm³/mol. The monoisotopic (exact) mass is 298 g/mol. The second kappa shape index (κ2) is 6.46. The van der Waals surface area contributed by atoms with E-state index in [-0.39, 0.29) is 0 Å². The molecule has 0 fully saturated rings. The second-order valence-corrected chi connectivity index (χ2v) is 5.04. The van der Waals surface area contributed by atoms with Crippen LogP contribution < -0.4 is 10.1 Å². The lowest BCUT2D eigenvalue weighted by atomic mass is 10.2. The zero-order chi connectivity index (χ0) is 14.5. The van der Waals surface area contributed by atoms with Crippen LogP contribution in [-0.2, 0) is 0 Å². The van der Waals surface area contributed by atoms with Gasteiger partial charge in [0.1, 0.15) is 12.4 Å². The van der Waals surface area contributed by atoms with E-state index >= 15 is 0 Å². The van der Waals surface area contributed by atoms with Gasteiger partial charge in [-0.3, -0.25) is 4.98 Å². The topological polar surface area (TPSA) is 34.1 Å². The summed E-state index contributed by atoms with van der Waals surface area (Å²) < 4.78 is 5.66. The van der Waals surface area contributed by atoms with E-state index in [9.17, 15) is 0 Å². The molecular weight excluding hydrogens is 284 g/mol. The molecular formula is C17H15ClN2O. The quantitative estimate of drug-likeness (QED) is 0.710. The molecule has 21 heavy (non-hydrogen) atoms. The van der Waals surface area contributed by atoms with Crippen LogP contribution in [0, 0.1) is 0 Å². The van der Waals surface area contributed by atoms with Crippen molar-refractivity contribution < 1.29 is 4.74 Å². The molecule has 0 amide bonds. The Hall–Kier alpha value is -2.26. The number of nitrogens with zero attached hydrogens (tertiary/aromatic N) is 1. The van der Waals surface area contributed by atoms with Crippen LogP contribution in [0.4, 0.5) is 5.69 Å². The van der Waals surface area contributed by atoms with Gasteiger partial charge in [0.05, 0.1) is 5.52 Å². The normalized spacial score (nSPS) is 10.5. The smallest absolute Gasteiger partial charge is 0.119 e. The molecule has 0 spiro atoms. The zero-order valence-corrected chi connectivity index (χ0v) is 12.2. The third-order valence-electron chi connectivity index (χ3n) is 3.13. The molecule has 4 heteroatoms. The second-order valence-electron chi connectivity index (χ2n) is 4.61. The zero-order valence-electron chi connectivity index (χ0n) is 11.4. The number of rotatable bonds is 5. The van der Waals surface area contributed by atoms with Crippen molar-refractivity contribution in [3.8, 4) is 5.75 Å². The summed E-state index contributed by atoms with van der Waals surface area (Å²) in [5, 5.41) is 5.12. The average molecular weight is 299 g/mol. The first-order chi connectivity index (χ1) is 10.3. The highest BCUT2D eigenvalue weighted by Gasteiger charge is 2.02. The largest absolute Gasteiger partial charge is 0.492 e. The van der Waals surface area contributed by atoms with Crippen LogP contribution in [-0.4, -0.2) is 18.1 Å². The van der Waals surface area contributed by atoms with E-state index in [4.69, 9.17) is 16.3 Å². The summed E-state index contributed by atoms with van der Waals surface area (Å²) in [5.41, 5.74) is 1.92. The fourth-order valence-electron chi connectivity index (χ4n) is 2.15. The van der Waals surface area contributed by atoms with E-state index in [1.54, 1.807) is 6.20 Å². The number of para-hydroxylation sites is 1. The molecule has 1 heterocycles. The molecule has 2 aromatic carbocycles. The Bertz CT molecular complexity index is 731.